The lowest BCUT2D eigenvalue weighted by atomic mass is 10.1. The summed E-state index contributed by atoms with van der Waals surface area (Å²) in [5, 5.41) is 3.88. The highest BCUT2D eigenvalue weighted by Crippen LogP contribution is 2.22. The third-order valence-corrected chi connectivity index (χ3v) is 4.59. The molecule has 2 aromatic rings. The van der Waals surface area contributed by atoms with E-state index in [1.165, 1.54) is 30.1 Å². The van der Waals surface area contributed by atoms with E-state index in [-0.39, 0.29) is 23.9 Å². The number of Topliss-reactive ketones (excluding diaryl/α,β-unsaturated/α-hetero) is 1. The van der Waals surface area contributed by atoms with E-state index in [0.29, 0.717) is 37.4 Å². The summed E-state index contributed by atoms with van der Waals surface area (Å²) in [7, 11) is 1.68. The molecule has 0 N–H and O–H groups in total. The molecule has 1 aromatic heterocycles. The van der Waals surface area contributed by atoms with Gasteiger partial charge >= 0.3 is 5.97 Å². The van der Waals surface area contributed by atoms with Gasteiger partial charge in [-0.15, -0.1) is 0 Å². The molecule has 0 bridgehead atoms. The zero-order valence-electron chi connectivity index (χ0n) is 15.7. The lowest BCUT2D eigenvalue weighted by Gasteiger charge is -2.36. The molecule has 1 aliphatic rings. The molecule has 0 unspecified atom stereocenters. The summed E-state index contributed by atoms with van der Waals surface area (Å²) in [6.07, 6.45) is 2.88. The first-order valence-electron chi connectivity index (χ1n) is 8.84. The largest absolute Gasteiger partial charge is 0.452 e. The maximum atomic E-state index is 14.3. The predicted molar refractivity (Wildman–Crippen MR) is 98.7 cm³/mol. The number of benzene rings is 1. The maximum absolute atomic E-state index is 14.3. The highest BCUT2D eigenvalue weighted by molar-refractivity contribution is 5.94. The van der Waals surface area contributed by atoms with Crippen molar-refractivity contribution in [2.24, 2.45) is 7.05 Å². The van der Waals surface area contributed by atoms with Crippen molar-refractivity contribution in [3.05, 3.63) is 47.5 Å². The van der Waals surface area contributed by atoms with Gasteiger partial charge in [0.15, 0.2) is 12.4 Å². The number of hydrogen-bond acceptors (Lipinski definition) is 6. The monoisotopic (exact) mass is 388 g/mol. The number of ketones is 1. The summed E-state index contributed by atoms with van der Waals surface area (Å²) in [4.78, 5) is 38.9. The van der Waals surface area contributed by atoms with Crippen LogP contribution in [0, 0.1) is 5.82 Å². The van der Waals surface area contributed by atoms with Crippen molar-refractivity contribution in [3.8, 4) is 0 Å². The zero-order valence-corrected chi connectivity index (χ0v) is 15.7. The van der Waals surface area contributed by atoms with Crippen LogP contribution in [-0.4, -0.2) is 65.1 Å². The van der Waals surface area contributed by atoms with Crippen LogP contribution in [0.3, 0.4) is 0 Å². The maximum Gasteiger partial charge on any atom is 0.341 e. The molecule has 8 nitrogen and oxygen atoms in total. The second kappa shape index (κ2) is 8.20. The van der Waals surface area contributed by atoms with E-state index in [1.54, 1.807) is 24.1 Å². The Morgan fingerprint density at radius 3 is 2.43 bits per heavy atom. The van der Waals surface area contributed by atoms with Gasteiger partial charge in [-0.25, -0.2) is 9.18 Å². The van der Waals surface area contributed by atoms with E-state index in [4.69, 9.17) is 4.74 Å². The fraction of sp³-hybridized carbons (Fsp3) is 0.368. The van der Waals surface area contributed by atoms with E-state index in [0.717, 1.165) is 0 Å². The summed E-state index contributed by atoms with van der Waals surface area (Å²) in [6.45, 7) is 2.70. The van der Waals surface area contributed by atoms with Crippen molar-refractivity contribution >= 4 is 23.3 Å². The van der Waals surface area contributed by atoms with Crippen LogP contribution in [0.5, 0.6) is 0 Å². The number of nitrogens with zero attached hydrogens (tertiary/aromatic N) is 4. The number of carbonyl (C=O) groups excluding carboxylic acids is 3. The number of esters is 1. The Bertz CT molecular complexity index is 903. The molecule has 0 radical (unpaired) electrons. The van der Waals surface area contributed by atoms with Gasteiger partial charge in [-0.05, 0) is 25.1 Å². The summed E-state index contributed by atoms with van der Waals surface area (Å²) < 4.78 is 20.8. The average molecular weight is 388 g/mol. The van der Waals surface area contributed by atoms with Crippen molar-refractivity contribution in [1.82, 2.24) is 14.7 Å². The summed E-state index contributed by atoms with van der Waals surface area (Å²) in [5.74, 6) is -1.56. The lowest BCUT2D eigenvalue weighted by Crippen LogP contribution is -2.50. The van der Waals surface area contributed by atoms with Gasteiger partial charge in [0.1, 0.15) is 5.82 Å². The summed E-state index contributed by atoms with van der Waals surface area (Å²) >= 11 is 0. The highest BCUT2D eigenvalue weighted by Gasteiger charge is 2.24. The Kier molecular flexibility index (Phi) is 5.72. The van der Waals surface area contributed by atoms with Gasteiger partial charge in [0.25, 0.3) is 5.91 Å². The molecular formula is C19H21FN4O4. The normalized spacial score (nSPS) is 14.1. The van der Waals surface area contributed by atoms with Crippen LogP contribution in [0.2, 0.25) is 0 Å². The number of aromatic nitrogens is 2. The van der Waals surface area contributed by atoms with Crippen LogP contribution in [0.25, 0.3) is 0 Å². The van der Waals surface area contributed by atoms with Crippen molar-refractivity contribution < 1.29 is 23.5 Å². The fourth-order valence-corrected chi connectivity index (χ4v) is 3.01. The predicted octanol–water partition coefficient (Wildman–Crippen LogP) is 1.27. The molecular weight excluding hydrogens is 367 g/mol. The van der Waals surface area contributed by atoms with Crippen molar-refractivity contribution in [2.45, 2.75) is 6.92 Å². The van der Waals surface area contributed by atoms with Crippen LogP contribution >= 0.6 is 0 Å². The first kappa shape index (κ1) is 19.5. The molecule has 0 atom stereocenters. The number of hydrogen-bond donors (Lipinski definition) is 0. The van der Waals surface area contributed by atoms with Crippen LogP contribution in [-0.2, 0) is 16.6 Å². The van der Waals surface area contributed by atoms with Crippen molar-refractivity contribution in [2.75, 3.05) is 37.7 Å². The minimum Gasteiger partial charge on any atom is -0.452 e. The number of rotatable bonds is 5. The van der Waals surface area contributed by atoms with E-state index >= 15 is 0 Å². The molecule has 1 fully saturated rings. The second-order valence-electron chi connectivity index (χ2n) is 6.57. The number of piperazine rings is 1. The first-order valence-corrected chi connectivity index (χ1v) is 8.84. The molecule has 28 heavy (non-hydrogen) atoms. The van der Waals surface area contributed by atoms with Gasteiger partial charge in [0.05, 0.1) is 17.4 Å². The van der Waals surface area contributed by atoms with Gasteiger partial charge in [-0.1, -0.05) is 0 Å². The summed E-state index contributed by atoms with van der Waals surface area (Å²) in [5.41, 5.74) is 1.01. The minimum absolute atomic E-state index is 0.193. The number of carbonyl (C=O) groups is 3. The number of amides is 1. The standard InChI is InChI=1S/C19H21FN4O4/c1-13(25)14-3-4-17(16(20)9-14)23-5-7-24(8-6-23)18(26)12-28-19(27)15-10-21-22(2)11-15/h3-4,9-11H,5-8,12H2,1-2H3. The highest BCUT2D eigenvalue weighted by atomic mass is 19.1. The van der Waals surface area contributed by atoms with Gasteiger partial charge in [-0.3, -0.25) is 14.3 Å². The number of halogens is 1. The zero-order chi connectivity index (χ0) is 20.3. The van der Waals surface area contributed by atoms with Crippen LogP contribution in [0.15, 0.2) is 30.6 Å². The van der Waals surface area contributed by atoms with Gasteiger partial charge in [0.2, 0.25) is 0 Å². The fourth-order valence-electron chi connectivity index (χ4n) is 3.01. The van der Waals surface area contributed by atoms with Gasteiger partial charge < -0.3 is 14.5 Å². The third kappa shape index (κ3) is 4.36. The number of aryl methyl sites for hydroxylation is 1. The van der Waals surface area contributed by atoms with E-state index < -0.39 is 11.8 Å². The van der Waals surface area contributed by atoms with E-state index in [9.17, 15) is 18.8 Å². The first-order chi connectivity index (χ1) is 13.3. The smallest absolute Gasteiger partial charge is 0.341 e. The number of anilines is 1. The minimum atomic E-state index is -0.604. The Hall–Kier alpha value is -3.23. The Labute approximate surface area is 161 Å². The molecule has 2 heterocycles. The SMILES string of the molecule is CC(=O)c1ccc(N2CCN(C(=O)COC(=O)c3cnn(C)c3)CC2)c(F)c1. The lowest BCUT2D eigenvalue weighted by molar-refractivity contribution is -0.134. The van der Waals surface area contributed by atoms with Gasteiger partial charge in [-0.2, -0.15) is 5.10 Å². The van der Waals surface area contributed by atoms with Crippen molar-refractivity contribution in [1.29, 1.82) is 0 Å². The average Bonchev–Trinajstić information content (AvgIpc) is 3.12. The quantitative estimate of drug-likeness (QED) is 0.567. The summed E-state index contributed by atoms with van der Waals surface area (Å²) in [6, 6.07) is 4.41. The molecule has 3 rings (SSSR count). The van der Waals surface area contributed by atoms with Crippen LogP contribution in [0.4, 0.5) is 10.1 Å². The van der Waals surface area contributed by atoms with E-state index in [2.05, 4.69) is 5.10 Å². The molecule has 0 saturated carbocycles. The van der Waals surface area contributed by atoms with Crippen LogP contribution < -0.4 is 4.90 Å². The molecule has 1 aromatic carbocycles. The molecule has 1 amide bonds. The molecule has 0 spiro atoms. The van der Waals surface area contributed by atoms with E-state index in [1.807, 2.05) is 4.90 Å². The topological polar surface area (TPSA) is 84.7 Å². The van der Waals surface area contributed by atoms with Crippen molar-refractivity contribution in [3.63, 3.8) is 0 Å². The Balaban J connectivity index is 1.51. The van der Waals surface area contributed by atoms with Gasteiger partial charge in [0, 0.05) is 45.0 Å². The third-order valence-electron chi connectivity index (χ3n) is 4.59. The second-order valence-corrected chi connectivity index (χ2v) is 6.57. The Morgan fingerprint density at radius 2 is 1.86 bits per heavy atom. The van der Waals surface area contributed by atoms with Crippen LogP contribution in [0.1, 0.15) is 27.6 Å². The molecule has 0 aliphatic carbocycles. The molecule has 9 heteroatoms. The number of ether oxygens (including phenoxy) is 1. The molecule has 148 valence electrons. The Morgan fingerprint density at radius 1 is 1.14 bits per heavy atom. The molecule has 1 saturated heterocycles. The molecule has 1 aliphatic heterocycles.